The molecule has 1 saturated carbocycles. The van der Waals surface area contributed by atoms with Gasteiger partial charge in [-0.1, -0.05) is 35.9 Å². The average molecular weight is 306 g/mol. The molecule has 1 aromatic carbocycles. The Hall–Kier alpha value is -1.55. The van der Waals surface area contributed by atoms with Gasteiger partial charge in [-0.2, -0.15) is 0 Å². The molecule has 1 fully saturated rings. The van der Waals surface area contributed by atoms with Crippen molar-refractivity contribution in [3.8, 4) is 0 Å². The molecule has 0 saturated heterocycles. The van der Waals surface area contributed by atoms with Gasteiger partial charge in [-0.25, -0.2) is 4.79 Å². The lowest BCUT2D eigenvalue weighted by Gasteiger charge is -2.19. The molecule has 0 aromatic heterocycles. The first-order valence-electron chi connectivity index (χ1n) is 8.09. The summed E-state index contributed by atoms with van der Waals surface area (Å²) in [4.78, 5) is 11.2. The van der Waals surface area contributed by atoms with Crippen LogP contribution in [0.1, 0.15) is 45.6 Å². The van der Waals surface area contributed by atoms with Gasteiger partial charge in [0.1, 0.15) is 5.60 Å². The minimum absolute atomic E-state index is 0.325. The van der Waals surface area contributed by atoms with E-state index >= 15 is 0 Å². The Morgan fingerprint density at radius 1 is 1.18 bits per heavy atom. The first-order chi connectivity index (χ1) is 10.4. The molecule has 0 bridgehead atoms. The number of hydrogen-bond acceptors (Lipinski definition) is 3. The van der Waals surface area contributed by atoms with Gasteiger partial charge in [0.2, 0.25) is 0 Å². The predicted molar refractivity (Wildman–Crippen MR) is 91.1 cm³/mol. The maximum atomic E-state index is 11.2. The van der Waals surface area contributed by atoms with E-state index < -0.39 is 5.60 Å². The number of benzene rings is 1. The topological polar surface area (TPSA) is 50.4 Å². The number of aryl methyl sites for hydroxylation is 1. The van der Waals surface area contributed by atoms with Crippen molar-refractivity contribution in [1.82, 2.24) is 10.6 Å². The molecule has 0 radical (unpaired) electrons. The minimum Gasteiger partial charge on any atom is -0.444 e. The minimum atomic E-state index is -0.406. The summed E-state index contributed by atoms with van der Waals surface area (Å²) in [6.45, 7) is 9.32. The Labute approximate surface area is 134 Å². The standard InChI is InChI=1S/C11H22N2O2.C7H8/c1-11(2,3)15-10(14)13-8-4-7-12-9-5-6-9;1-7-5-3-2-4-6-7/h9,12H,4-8H2,1-3H3,(H,13,14);2-6H,1H3. The number of rotatable bonds is 5. The van der Waals surface area contributed by atoms with E-state index in [1.807, 2.05) is 39.0 Å². The quantitative estimate of drug-likeness (QED) is 0.816. The van der Waals surface area contributed by atoms with Crippen LogP contribution in [0.15, 0.2) is 30.3 Å². The fraction of sp³-hybridized carbons (Fsp3) is 0.611. The summed E-state index contributed by atoms with van der Waals surface area (Å²) in [6, 6.07) is 11.0. The first kappa shape index (κ1) is 18.5. The summed E-state index contributed by atoms with van der Waals surface area (Å²) in [6.07, 6.45) is 3.24. The largest absolute Gasteiger partial charge is 0.444 e. The number of carbonyl (C=O) groups excluding carboxylic acids is 1. The van der Waals surface area contributed by atoms with Crippen molar-refractivity contribution in [1.29, 1.82) is 0 Å². The zero-order chi connectivity index (χ0) is 16.4. The Kier molecular flexibility index (Phi) is 7.96. The third kappa shape index (κ3) is 11.1. The summed E-state index contributed by atoms with van der Waals surface area (Å²) >= 11 is 0. The third-order valence-corrected chi connectivity index (χ3v) is 2.97. The van der Waals surface area contributed by atoms with E-state index in [0.29, 0.717) is 6.54 Å². The van der Waals surface area contributed by atoms with Crippen molar-refractivity contribution >= 4 is 6.09 Å². The van der Waals surface area contributed by atoms with Crippen LogP contribution in [0.2, 0.25) is 0 Å². The van der Waals surface area contributed by atoms with Crippen molar-refractivity contribution < 1.29 is 9.53 Å². The second-order valence-electron chi connectivity index (χ2n) is 6.67. The van der Waals surface area contributed by atoms with Crippen molar-refractivity contribution in [2.45, 2.75) is 58.6 Å². The van der Waals surface area contributed by atoms with Crippen molar-refractivity contribution in [3.63, 3.8) is 0 Å². The van der Waals surface area contributed by atoms with Crippen LogP contribution >= 0.6 is 0 Å². The fourth-order valence-corrected chi connectivity index (χ4v) is 1.72. The van der Waals surface area contributed by atoms with Gasteiger partial charge in [0.25, 0.3) is 0 Å². The van der Waals surface area contributed by atoms with Gasteiger partial charge in [0, 0.05) is 12.6 Å². The van der Waals surface area contributed by atoms with E-state index in [2.05, 4.69) is 29.7 Å². The van der Waals surface area contributed by atoms with Gasteiger partial charge in [-0.05, 0) is 53.5 Å². The SMILES string of the molecule is CC(C)(C)OC(=O)NCCCNC1CC1.Cc1ccccc1. The van der Waals surface area contributed by atoms with Gasteiger partial charge in [-0.3, -0.25) is 0 Å². The van der Waals surface area contributed by atoms with Crippen LogP contribution in [-0.2, 0) is 4.74 Å². The maximum Gasteiger partial charge on any atom is 0.407 e. The van der Waals surface area contributed by atoms with Crippen molar-refractivity contribution in [2.75, 3.05) is 13.1 Å². The van der Waals surface area contributed by atoms with Crippen LogP contribution in [0, 0.1) is 6.92 Å². The molecular formula is C18H30N2O2. The summed E-state index contributed by atoms with van der Waals surface area (Å²) in [5, 5.41) is 6.12. The first-order valence-corrected chi connectivity index (χ1v) is 8.09. The van der Waals surface area contributed by atoms with Crippen LogP contribution in [0.5, 0.6) is 0 Å². The Bertz CT molecular complexity index is 422. The molecule has 4 heteroatoms. The number of carbonyl (C=O) groups is 1. The van der Waals surface area contributed by atoms with Crippen LogP contribution in [0.4, 0.5) is 4.79 Å². The van der Waals surface area contributed by atoms with Crippen LogP contribution < -0.4 is 10.6 Å². The zero-order valence-electron chi connectivity index (χ0n) is 14.3. The molecule has 2 rings (SSSR count). The number of hydrogen-bond donors (Lipinski definition) is 2. The molecule has 2 N–H and O–H groups in total. The Morgan fingerprint density at radius 2 is 1.82 bits per heavy atom. The second kappa shape index (κ2) is 9.46. The summed E-state index contributed by atoms with van der Waals surface area (Å²) in [5.41, 5.74) is 0.915. The lowest BCUT2D eigenvalue weighted by molar-refractivity contribution is 0.0527. The van der Waals surface area contributed by atoms with Gasteiger partial charge in [-0.15, -0.1) is 0 Å². The highest BCUT2D eigenvalue weighted by atomic mass is 16.6. The molecule has 0 heterocycles. The van der Waals surface area contributed by atoms with E-state index in [4.69, 9.17) is 4.74 Å². The van der Waals surface area contributed by atoms with Gasteiger partial charge in [0.05, 0.1) is 0 Å². The van der Waals surface area contributed by atoms with Gasteiger partial charge < -0.3 is 15.4 Å². The lowest BCUT2D eigenvalue weighted by atomic mass is 10.2. The van der Waals surface area contributed by atoms with Crippen molar-refractivity contribution in [3.05, 3.63) is 35.9 Å². The summed E-state index contributed by atoms with van der Waals surface area (Å²) < 4.78 is 5.11. The van der Waals surface area contributed by atoms with E-state index in [0.717, 1.165) is 19.0 Å². The summed E-state index contributed by atoms with van der Waals surface area (Å²) in [7, 11) is 0. The highest BCUT2D eigenvalue weighted by Crippen LogP contribution is 2.18. The second-order valence-corrected chi connectivity index (χ2v) is 6.67. The molecular weight excluding hydrogens is 276 g/mol. The monoisotopic (exact) mass is 306 g/mol. The van der Waals surface area contributed by atoms with Gasteiger partial charge in [0.15, 0.2) is 0 Å². The van der Waals surface area contributed by atoms with E-state index in [1.54, 1.807) is 0 Å². The number of amides is 1. The predicted octanol–water partition coefficient (Wildman–Crippen LogP) is 3.65. The van der Waals surface area contributed by atoms with Crippen LogP contribution in [-0.4, -0.2) is 30.8 Å². The molecule has 1 aliphatic carbocycles. The highest BCUT2D eigenvalue weighted by molar-refractivity contribution is 5.67. The number of ether oxygens (including phenoxy) is 1. The van der Waals surface area contributed by atoms with E-state index in [1.165, 1.54) is 18.4 Å². The maximum absolute atomic E-state index is 11.2. The molecule has 1 aromatic rings. The van der Waals surface area contributed by atoms with Crippen LogP contribution in [0.3, 0.4) is 0 Å². The Morgan fingerprint density at radius 3 is 2.27 bits per heavy atom. The van der Waals surface area contributed by atoms with E-state index in [9.17, 15) is 4.79 Å². The molecule has 22 heavy (non-hydrogen) atoms. The number of alkyl carbamates (subject to hydrolysis) is 1. The molecule has 0 aliphatic heterocycles. The fourth-order valence-electron chi connectivity index (χ4n) is 1.72. The molecule has 1 amide bonds. The van der Waals surface area contributed by atoms with Crippen LogP contribution in [0.25, 0.3) is 0 Å². The molecule has 124 valence electrons. The van der Waals surface area contributed by atoms with Gasteiger partial charge >= 0.3 is 6.09 Å². The average Bonchev–Trinajstić information content (AvgIpc) is 3.22. The molecule has 1 aliphatic rings. The van der Waals surface area contributed by atoms with Crippen molar-refractivity contribution in [2.24, 2.45) is 0 Å². The molecule has 0 atom stereocenters. The smallest absolute Gasteiger partial charge is 0.407 e. The zero-order valence-corrected chi connectivity index (χ0v) is 14.3. The third-order valence-electron chi connectivity index (χ3n) is 2.97. The van der Waals surface area contributed by atoms with E-state index in [-0.39, 0.29) is 6.09 Å². The molecule has 0 spiro atoms. The normalized spacial score (nSPS) is 13.8. The number of nitrogens with one attached hydrogen (secondary N) is 2. The lowest BCUT2D eigenvalue weighted by Crippen LogP contribution is -2.34. The summed E-state index contributed by atoms with van der Waals surface area (Å²) in [5.74, 6) is 0. The molecule has 4 nitrogen and oxygen atoms in total. The Balaban J connectivity index is 0.000000287. The molecule has 0 unspecified atom stereocenters. The highest BCUT2D eigenvalue weighted by Gasteiger charge is 2.19.